The highest BCUT2D eigenvalue weighted by atomic mass is 127. The molecule has 39 heavy (non-hydrogen) atoms. The van der Waals surface area contributed by atoms with E-state index in [1.165, 1.54) is 4.31 Å². The Hall–Kier alpha value is -2.60. The van der Waals surface area contributed by atoms with Crippen LogP contribution in [-0.4, -0.2) is 46.7 Å². The zero-order chi connectivity index (χ0) is 29.1. The minimum Gasteiger partial charge on any atom is -0.465 e. The summed E-state index contributed by atoms with van der Waals surface area (Å²) < 4.78 is 39.4. The number of rotatable bonds is 11. The van der Waals surface area contributed by atoms with Crippen LogP contribution >= 0.6 is 22.6 Å². The lowest BCUT2D eigenvalue weighted by atomic mass is 9.88. The third-order valence-corrected chi connectivity index (χ3v) is 8.50. The number of esters is 1. The number of hydrogen-bond acceptors (Lipinski definition) is 6. The summed E-state index contributed by atoms with van der Waals surface area (Å²) >= 11 is 2.09. The van der Waals surface area contributed by atoms with Gasteiger partial charge in [0, 0.05) is 34.2 Å². The first-order valence-electron chi connectivity index (χ1n) is 12.9. The fourth-order valence-electron chi connectivity index (χ4n) is 4.22. The zero-order valence-corrected chi connectivity index (χ0v) is 26.5. The van der Waals surface area contributed by atoms with E-state index in [0.717, 1.165) is 17.4 Å². The van der Waals surface area contributed by atoms with Crippen LogP contribution in [0, 0.1) is 21.8 Å². The number of nitrogens with one attached hydrogen (secondary N) is 1. The van der Waals surface area contributed by atoms with E-state index in [0.29, 0.717) is 51.0 Å². The van der Waals surface area contributed by atoms with Gasteiger partial charge < -0.3 is 14.5 Å². The van der Waals surface area contributed by atoms with Crippen molar-refractivity contribution in [2.75, 3.05) is 30.8 Å². The SMILES string of the molecule is CNC(=O)c1c(-c2ccc(C)cc2)oc2cc(N(CCCC(C)(C)C(=O)OCC(C)C)S(C)(=O)=O)c(I)cc12. The first-order valence-corrected chi connectivity index (χ1v) is 15.8. The molecule has 0 saturated carbocycles. The molecule has 2 aromatic carbocycles. The topological polar surface area (TPSA) is 106 Å². The Morgan fingerprint density at radius 3 is 2.36 bits per heavy atom. The number of aryl methyl sites for hydroxylation is 1. The molecule has 0 aliphatic rings. The summed E-state index contributed by atoms with van der Waals surface area (Å²) in [5, 5.41) is 3.28. The highest BCUT2D eigenvalue weighted by molar-refractivity contribution is 14.1. The summed E-state index contributed by atoms with van der Waals surface area (Å²) in [5.41, 5.74) is 2.34. The number of amides is 1. The number of fused-ring (bicyclic) bond motifs is 1. The average Bonchev–Trinajstić information content (AvgIpc) is 3.22. The Kier molecular flexibility index (Phi) is 9.74. The van der Waals surface area contributed by atoms with Crippen molar-refractivity contribution in [1.29, 1.82) is 0 Å². The van der Waals surface area contributed by atoms with Gasteiger partial charge in [0.1, 0.15) is 11.3 Å². The molecule has 0 bridgehead atoms. The third-order valence-electron chi connectivity index (χ3n) is 6.46. The van der Waals surface area contributed by atoms with Crippen LogP contribution in [0.25, 0.3) is 22.3 Å². The minimum atomic E-state index is -3.66. The van der Waals surface area contributed by atoms with E-state index in [9.17, 15) is 18.0 Å². The molecule has 3 aromatic rings. The van der Waals surface area contributed by atoms with Crippen molar-refractivity contribution in [1.82, 2.24) is 5.32 Å². The molecule has 0 fully saturated rings. The smallest absolute Gasteiger partial charge is 0.311 e. The van der Waals surface area contributed by atoms with Gasteiger partial charge in [0.25, 0.3) is 5.91 Å². The maximum Gasteiger partial charge on any atom is 0.311 e. The molecule has 0 aliphatic carbocycles. The second-order valence-electron chi connectivity index (χ2n) is 10.9. The molecule has 0 radical (unpaired) electrons. The molecular weight excluding hydrogens is 631 g/mol. The summed E-state index contributed by atoms with van der Waals surface area (Å²) in [6.45, 7) is 10.1. The quantitative estimate of drug-likeness (QED) is 0.194. The van der Waals surface area contributed by atoms with Crippen LogP contribution in [0.2, 0.25) is 0 Å². The van der Waals surface area contributed by atoms with Gasteiger partial charge in [-0.05, 0) is 68.2 Å². The van der Waals surface area contributed by atoms with Gasteiger partial charge in [-0.2, -0.15) is 0 Å². The van der Waals surface area contributed by atoms with Crippen LogP contribution in [0.5, 0.6) is 0 Å². The van der Waals surface area contributed by atoms with Crippen LogP contribution < -0.4 is 9.62 Å². The molecule has 3 rings (SSSR count). The van der Waals surface area contributed by atoms with Gasteiger partial charge >= 0.3 is 5.97 Å². The molecule has 212 valence electrons. The maximum atomic E-state index is 12.9. The van der Waals surface area contributed by atoms with E-state index in [4.69, 9.17) is 9.15 Å². The number of furan rings is 1. The van der Waals surface area contributed by atoms with Crippen molar-refractivity contribution in [2.24, 2.45) is 11.3 Å². The van der Waals surface area contributed by atoms with E-state index >= 15 is 0 Å². The molecular formula is C29H37IN2O6S. The lowest BCUT2D eigenvalue weighted by Crippen LogP contribution is -2.33. The number of carbonyl (C=O) groups excluding carboxylic acids is 2. The number of nitrogens with zero attached hydrogens (tertiary/aromatic N) is 1. The molecule has 1 N–H and O–H groups in total. The van der Waals surface area contributed by atoms with Crippen molar-refractivity contribution in [2.45, 2.75) is 47.5 Å². The Morgan fingerprint density at radius 2 is 1.79 bits per heavy atom. The lowest BCUT2D eigenvalue weighted by Gasteiger charge is -2.27. The van der Waals surface area contributed by atoms with Crippen molar-refractivity contribution < 1.29 is 27.2 Å². The molecule has 0 spiro atoms. The van der Waals surface area contributed by atoms with Crippen LogP contribution in [0.3, 0.4) is 0 Å². The molecule has 1 heterocycles. The zero-order valence-electron chi connectivity index (χ0n) is 23.6. The first-order chi connectivity index (χ1) is 18.2. The lowest BCUT2D eigenvalue weighted by molar-refractivity contribution is -0.155. The average molecular weight is 669 g/mol. The second kappa shape index (κ2) is 12.3. The number of benzene rings is 2. The summed E-state index contributed by atoms with van der Waals surface area (Å²) in [6, 6.07) is 11.1. The van der Waals surface area contributed by atoms with Gasteiger partial charge in [-0.25, -0.2) is 8.42 Å². The standard InChI is InChI=1S/C29H37IN2O6S/c1-18(2)17-37-28(34)29(4,5)13-8-14-32(39(7,35)36)23-16-24-21(15-22(23)30)25(27(33)31-6)26(38-24)20-11-9-19(3)10-12-20/h9-12,15-16,18H,8,13-14,17H2,1-7H3,(H,31,33). The summed E-state index contributed by atoms with van der Waals surface area (Å²) in [7, 11) is -2.10. The van der Waals surface area contributed by atoms with Crippen LogP contribution in [0.1, 0.15) is 56.5 Å². The molecule has 10 heteroatoms. The maximum absolute atomic E-state index is 12.9. The predicted molar refractivity (Wildman–Crippen MR) is 163 cm³/mol. The van der Waals surface area contributed by atoms with E-state index < -0.39 is 15.4 Å². The number of sulfonamides is 1. The number of anilines is 1. The molecule has 0 saturated heterocycles. The number of hydrogen-bond donors (Lipinski definition) is 1. The van der Waals surface area contributed by atoms with Gasteiger partial charge in [-0.1, -0.05) is 43.7 Å². The van der Waals surface area contributed by atoms with Crippen molar-refractivity contribution in [3.8, 4) is 11.3 Å². The minimum absolute atomic E-state index is 0.176. The summed E-state index contributed by atoms with van der Waals surface area (Å²) in [6.07, 6.45) is 2.06. The molecule has 8 nitrogen and oxygen atoms in total. The highest BCUT2D eigenvalue weighted by Gasteiger charge is 2.31. The molecule has 0 aliphatic heterocycles. The van der Waals surface area contributed by atoms with Crippen molar-refractivity contribution in [3.63, 3.8) is 0 Å². The fourth-order valence-corrected chi connectivity index (χ4v) is 6.12. The van der Waals surface area contributed by atoms with Crippen LogP contribution in [-0.2, 0) is 19.6 Å². The third kappa shape index (κ3) is 7.33. The van der Waals surface area contributed by atoms with Crippen molar-refractivity contribution >= 4 is 61.1 Å². The molecule has 1 amide bonds. The first kappa shape index (κ1) is 30.9. The largest absolute Gasteiger partial charge is 0.465 e. The Labute approximate surface area is 244 Å². The highest BCUT2D eigenvalue weighted by Crippen LogP contribution is 2.39. The van der Waals surface area contributed by atoms with Crippen LogP contribution in [0.15, 0.2) is 40.8 Å². The summed E-state index contributed by atoms with van der Waals surface area (Å²) in [4.78, 5) is 25.5. The van der Waals surface area contributed by atoms with Gasteiger partial charge in [-0.15, -0.1) is 0 Å². The molecule has 0 atom stereocenters. The molecule has 1 aromatic heterocycles. The van der Waals surface area contributed by atoms with Gasteiger partial charge in [0.05, 0.1) is 29.5 Å². The van der Waals surface area contributed by atoms with Gasteiger partial charge in [-0.3, -0.25) is 13.9 Å². The van der Waals surface area contributed by atoms with E-state index in [-0.39, 0.29) is 24.3 Å². The number of halogens is 1. The monoisotopic (exact) mass is 668 g/mol. The van der Waals surface area contributed by atoms with E-state index in [1.807, 2.05) is 58.9 Å². The van der Waals surface area contributed by atoms with E-state index in [1.54, 1.807) is 19.2 Å². The fraction of sp³-hybridized carbons (Fsp3) is 0.448. The van der Waals surface area contributed by atoms with Gasteiger partial charge in [0.15, 0.2) is 0 Å². The van der Waals surface area contributed by atoms with Crippen molar-refractivity contribution in [3.05, 3.63) is 51.1 Å². The Morgan fingerprint density at radius 1 is 1.15 bits per heavy atom. The predicted octanol–water partition coefficient (Wildman–Crippen LogP) is 6.14. The Bertz CT molecular complexity index is 1460. The van der Waals surface area contributed by atoms with Gasteiger partial charge in [0.2, 0.25) is 10.0 Å². The van der Waals surface area contributed by atoms with E-state index in [2.05, 4.69) is 27.9 Å². The number of ether oxygens (including phenoxy) is 1. The second-order valence-corrected chi connectivity index (χ2v) is 13.9. The number of carbonyl (C=O) groups is 2. The Balaban J connectivity index is 1.98. The normalized spacial score (nSPS) is 12.1. The molecule has 0 unspecified atom stereocenters. The van der Waals surface area contributed by atoms with Crippen LogP contribution in [0.4, 0.5) is 5.69 Å². The summed E-state index contributed by atoms with van der Waals surface area (Å²) in [5.74, 6) is 0.0721.